The van der Waals surface area contributed by atoms with Gasteiger partial charge < -0.3 is 5.11 Å². The molecule has 0 spiro atoms. The Labute approximate surface area is 209 Å². The van der Waals surface area contributed by atoms with Crippen LogP contribution in [0.3, 0.4) is 0 Å². The van der Waals surface area contributed by atoms with Gasteiger partial charge in [0, 0.05) is 0 Å². The quantitative estimate of drug-likeness (QED) is 0.0950. The molecule has 0 aromatic heterocycles. The molecule has 0 aromatic carbocycles. The van der Waals surface area contributed by atoms with Crippen molar-refractivity contribution in [1.82, 2.24) is 0 Å². The van der Waals surface area contributed by atoms with Gasteiger partial charge in [-0.15, -0.1) is 0 Å². The van der Waals surface area contributed by atoms with Gasteiger partial charge >= 0.3 is 0 Å². The van der Waals surface area contributed by atoms with E-state index >= 15 is 0 Å². The molecule has 1 unspecified atom stereocenters. The van der Waals surface area contributed by atoms with Crippen molar-refractivity contribution in [2.24, 2.45) is 0 Å². The minimum Gasteiger partial charge on any atom is -0.393 e. The predicted octanol–water partition coefficient (Wildman–Crippen LogP) is 11.3. The Morgan fingerprint density at radius 2 is 0.667 bits per heavy atom. The van der Waals surface area contributed by atoms with E-state index in [9.17, 15) is 5.11 Å². The number of hydrogen-bond acceptors (Lipinski definition) is 1. The SMILES string of the molecule is CCCCCCC=CCCCCCC=CCCCCC(O)CCCCCCCCCCCC. The summed E-state index contributed by atoms with van der Waals surface area (Å²) >= 11 is 0. The van der Waals surface area contributed by atoms with Gasteiger partial charge in [0.25, 0.3) is 0 Å². The van der Waals surface area contributed by atoms with Gasteiger partial charge in [-0.05, 0) is 64.2 Å². The molecule has 0 saturated carbocycles. The molecule has 1 heteroatoms. The Kier molecular flexibility index (Phi) is 29.0. The van der Waals surface area contributed by atoms with Crippen LogP contribution in [0.5, 0.6) is 0 Å². The van der Waals surface area contributed by atoms with Gasteiger partial charge in [0.2, 0.25) is 0 Å². The lowest BCUT2D eigenvalue weighted by Gasteiger charge is -2.09. The molecule has 0 aliphatic heterocycles. The molecule has 0 heterocycles. The van der Waals surface area contributed by atoms with Crippen molar-refractivity contribution in [2.75, 3.05) is 0 Å². The van der Waals surface area contributed by atoms with Gasteiger partial charge in [-0.25, -0.2) is 0 Å². The second kappa shape index (κ2) is 29.5. The van der Waals surface area contributed by atoms with Crippen LogP contribution in [0.15, 0.2) is 24.3 Å². The molecule has 0 rings (SSSR count). The lowest BCUT2D eigenvalue weighted by atomic mass is 10.0. The largest absolute Gasteiger partial charge is 0.393 e. The molecule has 0 fully saturated rings. The van der Waals surface area contributed by atoms with E-state index in [1.807, 2.05) is 0 Å². The number of rotatable bonds is 27. The third kappa shape index (κ3) is 29.4. The lowest BCUT2D eigenvalue weighted by molar-refractivity contribution is 0.147. The minimum atomic E-state index is -0.0617. The van der Waals surface area contributed by atoms with E-state index in [1.165, 1.54) is 148 Å². The first-order valence-corrected chi connectivity index (χ1v) is 15.3. The monoisotopic (exact) mass is 462 g/mol. The summed E-state index contributed by atoms with van der Waals surface area (Å²) in [6.45, 7) is 4.56. The van der Waals surface area contributed by atoms with Crippen molar-refractivity contribution in [3.63, 3.8) is 0 Å². The summed E-state index contributed by atoms with van der Waals surface area (Å²) in [6.07, 6.45) is 42.1. The van der Waals surface area contributed by atoms with E-state index in [1.54, 1.807) is 0 Å². The van der Waals surface area contributed by atoms with Crippen molar-refractivity contribution in [3.8, 4) is 0 Å². The van der Waals surface area contributed by atoms with Gasteiger partial charge in [0.1, 0.15) is 0 Å². The summed E-state index contributed by atoms with van der Waals surface area (Å²) in [5.74, 6) is 0. The highest BCUT2D eigenvalue weighted by Crippen LogP contribution is 2.14. The van der Waals surface area contributed by atoms with Crippen LogP contribution in [-0.4, -0.2) is 11.2 Å². The Morgan fingerprint density at radius 1 is 0.394 bits per heavy atom. The van der Waals surface area contributed by atoms with Gasteiger partial charge in [-0.3, -0.25) is 0 Å². The van der Waals surface area contributed by atoms with Crippen LogP contribution in [0.1, 0.15) is 174 Å². The fraction of sp³-hybridized carbons (Fsp3) is 0.875. The maximum atomic E-state index is 10.2. The van der Waals surface area contributed by atoms with Gasteiger partial charge in [0.15, 0.2) is 0 Å². The molecule has 0 amide bonds. The van der Waals surface area contributed by atoms with Crippen molar-refractivity contribution in [1.29, 1.82) is 0 Å². The number of allylic oxidation sites excluding steroid dienone is 4. The second-order valence-corrected chi connectivity index (χ2v) is 10.3. The third-order valence-electron chi connectivity index (χ3n) is 6.85. The van der Waals surface area contributed by atoms with Gasteiger partial charge in [0.05, 0.1) is 6.10 Å². The van der Waals surface area contributed by atoms with Gasteiger partial charge in [-0.1, -0.05) is 134 Å². The predicted molar refractivity (Wildman–Crippen MR) is 151 cm³/mol. The zero-order valence-corrected chi connectivity index (χ0v) is 23.0. The highest BCUT2D eigenvalue weighted by molar-refractivity contribution is 4.83. The number of aliphatic hydroxyl groups is 1. The fourth-order valence-electron chi connectivity index (χ4n) is 4.52. The van der Waals surface area contributed by atoms with Crippen LogP contribution >= 0.6 is 0 Å². The van der Waals surface area contributed by atoms with Crippen LogP contribution in [0.2, 0.25) is 0 Å². The van der Waals surface area contributed by atoms with E-state index in [4.69, 9.17) is 0 Å². The second-order valence-electron chi connectivity index (χ2n) is 10.3. The van der Waals surface area contributed by atoms with Crippen molar-refractivity contribution in [2.45, 2.75) is 180 Å². The molecule has 0 aromatic rings. The van der Waals surface area contributed by atoms with Crippen LogP contribution in [0, 0.1) is 0 Å². The molecule has 0 aliphatic carbocycles. The van der Waals surface area contributed by atoms with E-state index in [-0.39, 0.29) is 6.10 Å². The number of aliphatic hydroxyl groups excluding tert-OH is 1. The molecule has 1 N–H and O–H groups in total. The van der Waals surface area contributed by atoms with Crippen molar-refractivity contribution < 1.29 is 5.11 Å². The summed E-state index contributed by atoms with van der Waals surface area (Å²) in [5, 5.41) is 10.2. The highest BCUT2D eigenvalue weighted by atomic mass is 16.3. The zero-order valence-electron chi connectivity index (χ0n) is 23.0. The Balaban J connectivity index is 3.25. The minimum absolute atomic E-state index is 0.0617. The number of unbranched alkanes of at least 4 members (excludes halogenated alkanes) is 19. The Bertz CT molecular complexity index is 397. The molecule has 0 saturated heterocycles. The van der Waals surface area contributed by atoms with Crippen molar-refractivity contribution >= 4 is 0 Å². The van der Waals surface area contributed by atoms with Crippen LogP contribution < -0.4 is 0 Å². The lowest BCUT2D eigenvalue weighted by Crippen LogP contribution is -2.05. The van der Waals surface area contributed by atoms with Crippen LogP contribution in [0.25, 0.3) is 0 Å². The molecule has 1 atom stereocenters. The Morgan fingerprint density at radius 3 is 1.09 bits per heavy atom. The maximum absolute atomic E-state index is 10.2. The Hall–Kier alpha value is -0.560. The average Bonchev–Trinajstić information content (AvgIpc) is 2.82. The molecule has 0 radical (unpaired) electrons. The molecule has 196 valence electrons. The van der Waals surface area contributed by atoms with E-state index in [2.05, 4.69) is 38.2 Å². The highest BCUT2D eigenvalue weighted by Gasteiger charge is 2.03. The normalized spacial score (nSPS) is 12.9. The number of hydrogen-bond donors (Lipinski definition) is 1. The van der Waals surface area contributed by atoms with Crippen LogP contribution in [0.4, 0.5) is 0 Å². The average molecular weight is 463 g/mol. The van der Waals surface area contributed by atoms with E-state index < -0.39 is 0 Å². The van der Waals surface area contributed by atoms with E-state index in [0.717, 1.165) is 12.8 Å². The molecule has 33 heavy (non-hydrogen) atoms. The summed E-state index contributed by atoms with van der Waals surface area (Å²) in [5.41, 5.74) is 0. The molecular formula is C32H62O. The first-order valence-electron chi connectivity index (χ1n) is 15.3. The smallest absolute Gasteiger partial charge is 0.0540 e. The summed E-state index contributed by atoms with van der Waals surface area (Å²) in [6, 6.07) is 0. The molecule has 1 nitrogen and oxygen atoms in total. The van der Waals surface area contributed by atoms with E-state index in [0.29, 0.717) is 0 Å². The maximum Gasteiger partial charge on any atom is 0.0540 e. The molecule has 0 aliphatic rings. The van der Waals surface area contributed by atoms with Crippen molar-refractivity contribution in [3.05, 3.63) is 24.3 Å². The van der Waals surface area contributed by atoms with Crippen LogP contribution in [-0.2, 0) is 0 Å². The first-order chi connectivity index (χ1) is 16.3. The zero-order chi connectivity index (χ0) is 24.1. The van der Waals surface area contributed by atoms with Gasteiger partial charge in [-0.2, -0.15) is 0 Å². The molecule has 0 bridgehead atoms. The summed E-state index contributed by atoms with van der Waals surface area (Å²) in [4.78, 5) is 0. The summed E-state index contributed by atoms with van der Waals surface area (Å²) in [7, 11) is 0. The topological polar surface area (TPSA) is 20.2 Å². The fourth-order valence-corrected chi connectivity index (χ4v) is 4.52. The molecular weight excluding hydrogens is 400 g/mol. The summed E-state index contributed by atoms with van der Waals surface area (Å²) < 4.78 is 0. The first kappa shape index (κ1) is 32.4. The third-order valence-corrected chi connectivity index (χ3v) is 6.85. The standard InChI is InChI=1S/C32H62O/c1-3-5-7-9-11-13-15-16-17-18-19-20-21-23-25-27-29-31-32(33)30-28-26-24-22-14-12-10-8-6-4-2/h13,15,21,23,32-33H,3-12,14,16-20,22,24-31H2,1-2H3.